The Morgan fingerprint density at radius 2 is 1.72 bits per heavy atom. The maximum atomic E-state index is 13.9. The molecule has 29 heavy (non-hydrogen) atoms. The van der Waals surface area contributed by atoms with Crippen LogP contribution < -0.4 is 10.6 Å². The zero-order valence-corrected chi connectivity index (χ0v) is 17.7. The molecule has 0 heterocycles. The van der Waals surface area contributed by atoms with Crippen molar-refractivity contribution in [3.05, 3.63) is 35.4 Å². The Bertz CT molecular complexity index is 753. The second-order valence-corrected chi connectivity index (χ2v) is 9.38. The first kappa shape index (κ1) is 23.2. The quantitative estimate of drug-likeness (QED) is 0.682. The largest absolute Gasteiger partial charge is 0.407 e. The average molecular weight is 409 g/mol. The summed E-state index contributed by atoms with van der Waals surface area (Å²) in [5.74, 6) is -0.550. The van der Waals surface area contributed by atoms with Crippen LogP contribution in [0.3, 0.4) is 0 Å². The highest BCUT2D eigenvalue weighted by atomic mass is 19.4. The van der Waals surface area contributed by atoms with Crippen LogP contribution in [0.15, 0.2) is 24.3 Å². The topological polar surface area (TPSA) is 64.9 Å². The van der Waals surface area contributed by atoms with Gasteiger partial charge in [-0.1, -0.05) is 58.9 Å². The molecule has 1 saturated carbocycles. The number of alkyl halides is 3. The third-order valence-corrected chi connectivity index (χ3v) is 5.16. The molecule has 1 aromatic carbocycles. The summed E-state index contributed by atoms with van der Waals surface area (Å²) >= 11 is 0. The highest BCUT2D eigenvalue weighted by Crippen LogP contribution is 2.36. The smallest absolute Gasteiger partial charge is 0.336 e. The molecule has 0 radical (unpaired) electrons. The van der Waals surface area contributed by atoms with Crippen molar-refractivity contribution in [1.29, 1.82) is 5.26 Å². The molecule has 1 aromatic rings. The standard InChI is InChI=1S/C22H30F3N3O/c1-14(2)12-17(19(29)28-21(13-26)10-11-21)27-18(22(23,24)25)15-6-8-16(9-7-15)20(3,4)5/h6-9,14,17-18,27H,10-12H2,1-5H3,(H,28,29)/t17-,18-/m0/s1. The van der Waals surface area contributed by atoms with Crippen LogP contribution in [0.5, 0.6) is 0 Å². The summed E-state index contributed by atoms with van der Waals surface area (Å²) < 4.78 is 41.6. The first-order chi connectivity index (χ1) is 13.3. The van der Waals surface area contributed by atoms with Gasteiger partial charge in [0.2, 0.25) is 5.91 Å². The molecule has 0 saturated heterocycles. The van der Waals surface area contributed by atoms with Crippen molar-refractivity contribution in [3.8, 4) is 6.07 Å². The maximum absolute atomic E-state index is 13.9. The van der Waals surface area contributed by atoms with E-state index < -0.39 is 29.7 Å². The Kier molecular flexibility index (Phi) is 6.68. The van der Waals surface area contributed by atoms with Gasteiger partial charge in [-0.15, -0.1) is 0 Å². The fraction of sp³-hybridized carbons (Fsp3) is 0.636. The van der Waals surface area contributed by atoms with Gasteiger partial charge >= 0.3 is 6.18 Å². The van der Waals surface area contributed by atoms with Gasteiger partial charge in [0.25, 0.3) is 0 Å². The average Bonchev–Trinajstić information content (AvgIpc) is 3.36. The number of benzene rings is 1. The van der Waals surface area contributed by atoms with Gasteiger partial charge in [-0.3, -0.25) is 10.1 Å². The summed E-state index contributed by atoms with van der Waals surface area (Å²) in [6.07, 6.45) is -3.27. The lowest BCUT2D eigenvalue weighted by molar-refractivity contribution is -0.161. The van der Waals surface area contributed by atoms with E-state index in [1.807, 2.05) is 40.7 Å². The molecule has 0 aliphatic heterocycles. The molecule has 1 amide bonds. The third kappa shape index (κ3) is 6.20. The molecule has 2 atom stereocenters. The van der Waals surface area contributed by atoms with Crippen molar-refractivity contribution >= 4 is 5.91 Å². The van der Waals surface area contributed by atoms with Crippen LogP contribution in [0.1, 0.15) is 71.0 Å². The van der Waals surface area contributed by atoms with E-state index in [-0.39, 0.29) is 23.3 Å². The Morgan fingerprint density at radius 3 is 2.10 bits per heavy atom. The number of amides is 1. The minimum atomic E-state index is -4.56. The molecule has 160 valence electrons. The van der Waals surface area contributed by atoms with Gasteiger partial charge in [0, 0.05) is 0 Å². The second-order valence-electron chi connectivity index (χ2n) is 9.38. The second kappa shape index (κ2) is 8.35. The maximum Gasteiger partial charge on any atom is 0.407 e. The van der Waals surface area contributed by atoms with E-state index in [4.69, 9.17) is 0 Å². The lowest BCUT2D eigenvalue weighted by Gasteiger charge is -2.29. The van der Waals surface area contributed by atoms with E-state index in [0.717, 1.165) is 5.56 Å². The number of carbonyl (C=O) groups excluding carboxylic acids is 1. The predicted molar refractivity (Wildman–Crippen MR) is 106 cm³/mol. The van der Waals surface area contributed by atoms with E-state index in [2.05, 4.69) is 10.6 Å². The van der Waals surface area contributed by atoms with Gasteiger partial charge < -0.3 is 5.32 Å². The first-order valence-electron chi connectivity index (χ1n) is 9.94. The fourth-order valence-electron chi connectivity index (χ4n) is 3.19. The number of rotatable bonds is 7. The van der Waals surface area contributed by atoms with Crippen molar-refractivity contribution in [1.82, 2.24) is 10.6 Å². The highest BCUT2D eigenvalue weighted by molar-refractivity contribution is 5.83. The van der Waals surface area contributed by atoms with Crippen LogP contribution in [-0.4, -0.2) is 23.7 Å². The molecule has 4 nitrogen and oxygen atoms in total. The normalized spacial score (nSPS) is 18.1. The molecule has 0 spiro atoms. The Balaban J connectivity index is 2.27. The minimum absolute atomic E-state index is 0.00707. The van der Waals surface area contributed by atoms with Gasteiger partial charge in [0.15, 0.2) is 0 Å². The molecule has 1 aliphatic rings. The summed E-state index contributed by atoms with van der Waals surface area (Å²) in [7, 11) is 0. The van der Waals surface area contributed by atoms with Crippen molar-refractivity contribution < 1.29 is 18.0 Å². The molecule has 2 N–H and O–H groups in total. The van der Waals surface area contributed by atoms with Gasteiger partial charge in [0.1, 0.15) is 11.6 Å². The molecular weight excluding hydrogens is 379 g/mol. The monoisotopic (exact) mass is 409 g/mol. The number of nitrogens with one attached hydrogen (secondary N) is 2. The molecule has 0 aromatic heterocycles. The van der Waals surface area contributed by atoms with Crippen LogP contribution in [0.25, 0.3) is 0 Å². The van der Waals surface area contributed by atoms with Crippen LogP contribution in [0.4, 0.5) is 13.2 Å². The predicted octanol–water partition coefficient (Wildman–Crippen LogP) is 4.76. The van der Waals surface area contributed by atoms with Crippen LogP contribution >= 0.6 is 0 Å². The lowest BCUT2D eigenvalue weighted by Crippen LogP contribution is -2.52. The number of carbonyl (C=O) groups is 1. The minimum Gasteiger partial charge on any atom is -0.336 e. The van der Waals surface area contributed by atoms with E-state index in [1.165, 1.54) is 12.1 Å². The SMILES string of the molecule is CC(C)C[C@H](N[C@@H](c1ccc(C(C)(C)C)cc1)C(F)(F)F)C(=O)NC1(C#N)CC1. The number of halogens is 3. The van der Waals surface area contributed by atoms with Crippen molar-refractivity contribution in [2.75, 3.05) is 0 Å². The van der Waals surface area contributed by atoms with Crippen molar-refractivity contribution in [2.24, 2.45) is 5.92 Å². The number of hydrogen-bond acceptors (Lipinski definition) is 3. The summed E-state index contributed by atoms with van der Waals surface area (Å²) in [4.78, 5) is 12.7. The third-order valence-electron chi connectivity index (χ3n) is 5.16. The molecule has 1 aliphatic carbocycles. The molecule has 7 heteroatoms. The summed E-state index contributed by atoms with van der Waals surface area (Å²) in [6, 6.07) is 5.35. The Hall–Kier alpha value is -2.07. The number of hydrogen-bond donors (Lipinski definition) is 2. The Labute approximate surface area is 170 Å². The van der Waals surface area contributed by atoms with E-state index in [1.54, 1.807) is 12.1 Å². The highest BCUT2D eigenvalue weighted by Gasteiger charge is 2.47. The van der Waals surface area contributed by atoms with Crippen molar-refractivity contribution in [3.63, 3.8) is 0 Å². The lowest BCUT2D eigenvalue weighted by atomic mass is 9.86. The van der Waals surface area contributed by atoms with E-state index in [9.17, 15) is 23.2 Å². The summed E-state index contributed by atoms with van der Waals surface area (Å²) in [5.41, 5.74) is -0.0945. The van der Waals surface area contributed by atoms with Crippen LogP contribution in [0.2, 0.25) is 0 Å². The Morgan fingerprint density at radius 1 is 1.17 bits per heavy atom. The van der Waals surface area contributed by atoms with Gasteiger partial charge in [-0.05, 0) is 41.7 Å². The molecule has 0 bridgehead atoms. The van der Waals surface area contributed by atoms with Crippen molar-refractivity contribution in [2.45, 2.75) is 83.1 Å². The molecular formula is C22H30F3N3O. The molecule has 1 fully saturated rings. The zero-order valence-electron chi connectivity index (χ0n) is 17.7. The van der Waals surface area contributed by atoms with Gasteiger partial charge in [0.05, 0.1) is 12.1 Å². The van der Waals surface area contributed by atoms with Crippen LogP contribution in [-0.2, 0) is 10.2 Å². The van der Waals surface area contributed by atoms with E-state index in [0.29, 0.717) is 12.8 Å². The van der Waals surface area contributed by atoms with Gasteiger partial charge in [-0.2, -0.15) is 18.4 Å². The fourth-order valence-corrected chi connectivity index (χ4v) is 3.19. The van der Waals surface area contributed by atoms with Crippen LogP contribution in [0, 0.1) is 17.2 Å². The molecule has 0 unspecified atom stereocenters. The summed E-state index contributed by atoms with van der Waals surface area (Å²) in [5, 5.41) is 14.3. The first-order valence-corrected chi connectivity index (χ1v) is 9.94. The molecule has 2 rings (SSSR count). The van der Waals surface area contributed by atoms with Gasteiger partial charge in [-0.25, -0.2) is 0 Å². The van der Waals surface area contributed by atoms with E-state index >= 15 is 0 Å². The summed E-state index contributed by atoms with van der Waals surface area (Å²) in [6.45, 7) is 9.67. The number of nitrogens with zero attached hydrogens (tertiary/aromatic N) is 1. The zero-order chi connectivity index (χ0) is 22.0. The number of nitriles is 1.